The summed E-state index contributed by atoms with van der Waals surface area (Å²) in [6.07, 6.45) is -0.0655. The van der Waals surface area contributed by atoms with Gasteiger partial charge in [0.1, 0.15) is 25.9 Å². The Bertz CT molecular complexity index is 483. The van der Waals surface area contributed by atoms with Crippen molar-refractivity contribution >= 4 is 17.9 Å². The molecular weight excluding hydrogens is 360 g/mol. The van der Waals surface area contributed by atoms with Gasteiger partial charge in [0.25, 0.3) is 0 Å². The first-order chi connectivity index (χ1) is 12.6. The Balaban J connectivity index is -0.000000407. The van der Waals surface area contributed by atoms with Crippen molar-refractivity contribution in [2.24, 2.45) is 0 Å². The van der Waals surface area contributed by atoms with Crippen molar-refractivity contribution in [1.29, 1.82) is 0 Å². The molecule has 9 nitrogen and oxygen atoms in total. The second-order valence-electron chi connectivity index (χ2n) is 4.82. The van der Waals surface area contributed by atoms with Gasteiger partial charge in [0.2, 0.25) is 0 Å². The fourth-order valence-corrected chi connectivity index (χ4v) is 0.842. The molecule has 0 rings (SSSR count). The molecule has 1 atom stereocenters. The highest BCUT2D eigenvalue weighted by Crippen LogP contribution is 1.95. The van der Waals surface area contributed by atoms with Gasteiger partial charge in [0.05, 0.1) is 6.61 Å². The number of ether oxygens (including phenoxy) is 3. The van der Waals surface area contributed by atoms with Gasteiger partial charge in [0, 0.05) is 23.8 Å². The summed E-state index contributed by atoms with van der Waals surface area (Å²) in [7, 11) is 0. The summed E-state index contributed by atoms with van der Waals surface area (Å²) in [6, 6.07) is 0. The van der Waals surface area contributed by atoms with Crippen molar-refractivity contribution < 1.29 is 43.9 Å². The quantitative estimate of drug-likeness (QED) is 0.288. The largest absolute Gasteiger partial charge is 0.460 e. The maximum Gasteiger partial charge on any atom is 0.333 e. The number of carbonyl (C=O) groups excluding carboxylic acids is 3. The summed E-state index contributed by atoms with van der Waals surface area (Å²) in [5.74, 6) is -1.69. The summed E-state index contributed by atoms with van der Waals surface area (Å²) in [5, 5.41) is 25.0. The molecule has 0 bridgehead atoms. The molecule has 0 aromatic carbocycles. The second kappa shape index (κ2) is 19.8. The van der Waals surface area contributed by atoms with Crippen LogP contribution in [0.4, 0.5) is 0 Å². The lowest BCUT2D eigenvalue weighted by atomic mass is 10.3. The summed E-state index contributed by atoms with van der Waals surface area (Å²) in [5.41, 5.74) is 0.591. The first kappa shape index (κ1) is 29.3. The zero-order valence-corrected chi connectivity index (χ0v) is 16.1. The molecule has 27 heavy (non-hydrogen) atoms. The van der Waals surface area contributed by atoms with Gasteiger partial charge in [-0.15, -0.1) is 0 Å². The van der Waals surface area contributed by atoms with Gasteiger partial charge in [-0.25, -0.2) is 14.4 Å². The van der Waals surface area contributed by atoms with Crippen molar-refractivity contribution in [3.63, 3.8) is 0 Å². The van der Waals surface area contributed by atoms with Gasteiger partial charge in [-0.2, -0.15) is 0 Å². The van der Waals surface area contributed by atoms with E-state index in [1.807, 2.05) is 0 Å². The fourth-order valence-electron chi connectivity index (χ4n) is 0.842. The van der Waals surface area contributed by atoms with Crippen molar-refractivity contribution in [2.45, 2.75) is 26.9 Å². The number of aliphatic hydroxyl groups excluding tert-OH is 3. The molecule has 0 aromatic rings. The number of aliphatic hydroxyl groups is 3. The molecule has 156 valence electrons. The monoisotopic (exact) mass is 390 g/mol. The van der Waals surface area contributed by atoms with Gasteiger partial charge in [-0.1, -0.05) is 19.7 Å². The predicted octanol–water partition coefficient (Wildman–Crippen LogP) is 0.292. The van der Waals surface area contributed by atoms with E-state index in [2.05, 4.69) is 33.9 Å². The van der Waals surface area contributed by atoms with E-state index in [0.29, 0.717) is 5.57 Å². The lowest BCUT2D eigenvalue weighted by molar-refractivity contribution is -0.147. The van der Waals surface area contributed by atoms with Gasteiger partial charge in [-0.3, -0.25) is 0 Å². The standard InChI is InChI=1S/C10H14O5.C6H10O3.C2H6O/c1-4-9(12)14-5-8(11)6-15-10(13)7(2)3;1-5(2)6(8)9-4-3-7;1-2-3/h4,8,11H,1-2,5-6H2,3H3;7H,1,3-4H2,2H3;3H,2H2,1H3. The van der Waals surface area contributed by atoms with Gasteiger partial charge in [0.15, 0.2) is 0 Å². The van der Waals surface area contributed by atoms with E-state index in [1.165, 1.54) is 6.92 Å². The molecule has 0 saturated heterocycles. The molecular formula is C18H30O9. The Morgan fingerprint density at radius 2 is 1.37 bits per heavy atom. The van der Waals surface area contributed by atoms with Crippen LogP contribution in [0.3, 0.4) is 0 Å². The molecule has 3 N–H and O–H groups in total. The van der Waals surface area contributed by atoms with Gasteiger partial charge >= 0.3 is 17.9 Å². The molecule has 0 aliphatic rings. The van der Waals surface area contributed by atoms with E-state index in [0.717, 1.165) is 6.08 Å². The van der Waals surface area contributed by atoms with Crippen molar-refractivity contribution in [1.82, 2.24) is 0 Å². The van der Waals surface area contributed by atoms with Crippen molar-refractivity contribution in [2.75, 3.05) is 33.0 Å². The topological polar surface area (TPSA) is 140 Å². The van der Waals surface area contributed by atoms with E-state index in [1.54, 1.807) is 13.8 Å². The minimum Gasteiger partial charge on any atom is -0.460 e. The van der Waals surface area contributed by atoms with Gasteiger partial charge in [-0.05, 0) is 20.8 Å². The van der Waals surface area contributed by atoms with E-state index >= 15 is 0 Å². The highest BCUT2D eigenvalue weighted by molar-refractivity contribution is 5.87. The zero-order chi connectivity index (χ0) is 21.8. The summed E-state index contributed by atoms with van der Waals surface area (Å²) >= 11 is 0. The molecule has 9 heteroatoms. The molecule has 0 fully saturated rings. The minimum atomic E-state index is -1.04. The number of esters is 3. The number of rotatable bonds is 9. The van der Waals surface area contributed by atoms with Crippen LogP contribution in [-0.2, 0) is 28.6 Å². The van der Waals surface area contributed by atoms with Crippen LogP contribution in [0.5, 0.6) is 0 Å². The molecule has 0 aromatic heterocycles. The third-order valence-electron chi connectivity index (χ3n) is 2.01. The van der Waals surface area contributed by atoms with Crippen molar-refractivity contribution in [3.05, 3.63) is 37.0 Å². The molecule has 0 amide bonds. The lowest BCUT2D eigenvalue weighted by Crippen LogP contribution is -2.25. The average Bonchev–Trinajstić information content (AvgIpc) is 2.62. The second-order valence-corrected chi connectivity index (χ2v) is 4.82. The van der Waals surface area contributed by atoms with Crippen LogP contribution in [0.25, 0.3) is 0 Å². The normalized spacial score (nSPS) is 9.85. The van der Waals surface area contributed by atoms with Crippen LogP contribution >= 0.6 is 0 Å². The summed E-state index contributed by atoms with van der Waals surface area (Å²) in [4.78, 5) is 31.9. The molecule has 0 saturated carbocycles. The smallest absolute Gasteiger partial charge is 0.333 e. The maximum atomic E-state index is 10.9. The third-order valence-corrected chi connectivity index (χ3v) is 2.01. The Labute approximate surface area is 159 Å². The first-order valence-corrected chi connectivity index (χ1v) is 7.91. The fraction of sp³-hybridized carbons (Fsp3) is 0.500. The van der Waals surface area contributed by atoms with E-state index in [-0.39, 0.29) is 38.6 Å². The molecule has 0 heterocycles. The maximum absolute atomic E-state index is 10.9. The van der Waals surface area contributed by atoms with Crippen LogP contribution in [0.15, 0.2) is 37.0 Å². The highest BCUT2D eigenvalue weighted by atomic mass is 16.6. The number of hydrogen-bond donors (Lipinski definition) is 3. The third kappa shape index (κ3) is 23.5. The highest BCUT2D eigenvalue weighted by Gasteiger charge is 2.10. The average molecular weight is 390 g/mol. The van der Waals surface area contributed by atoms with Crippen LogP contribution < -0.4 is 0 Å². The van der Waals surface area contributed by atoms with Crippen LogP contribution in [0, 0.1) is 0 Å². The molecule has 0 spiro atoms. The Morgan fingerprint density at radius 3 is 1.74 bits per heavy atom. The molecule has 0 aliphatic carbocycles. The minimum absolute atomic E-state index is 0.0473. The van der Waals surface area contributed by atoms with Gasteiger partial charge < -0.3 is 29.5 Å². The molecule has 1 unspecified atom stereocenters. The molecule has 0 aliphatic heterocycles. The van der Waals surface area contributed by atoms with Crippen LogP contribution in [0.1, 0.15) is 20.8 Å². The van der Waals surface area contributed by atoms with Crippen LogP contribution in [0.2, 0.25) is 0 Å². The predicted molar refractivity (Wildman–Crippen MR) is 98.6 cm³/mol. The van der Waals surface area contributed by atoms with Crippen LogP contribution in [-0.4, -0.2) is 72.4 Å². The van der Waals surface area contributed by atoms with E-state index in [4.69, 9.17) is 10.2 Å². The first-order valence-electron chi connectivity index (χ1n) is 7.91. The van der Waals surface area contributed by atoms with E-state index < -0.39 is 24.0 Å². The Hall–Kier alpha value is -2.49. The number of carbonyl (C=O) groups is 3. The summed E-state index contributed by atoms with van der Waals surface area (Å²) in [6.45, 7) is 14.3. The Morgan fingerprint density at radius 1 is 0.963 bits per heavy atom. The lowest BCUT2D eigenvalue weighted by Gasteiger charge is -2.10. The van der Waals surface area contributed by atoms with Crippen molar-refractivity contribution in [3.8, 4) is 0 Å². The molecule has 0 radical (unpaired) electrons. The Kier molecular flexibility index (Phi) is 21.5. The SMILES string of the molecule is C=C(C)C(=O)OCCO.C=CC(=O)OCC(O)COC(=O)C(=C)C.CCO. The number of hydrogen-bond acceptors (Lipinski definition) is 9. The van der Waals surface area contributed by atoms with E-state index in [9.17, 15) is 19.5 Å². The summed E-state index contributed by atoms with van der Waals surface area (Å²) < 4.78 is 13.6. The zero-order valence-electron chi connectivity index (χ0n) is 16.1.